The van der Waals surface area contributed by atoms with E-state index >= 15 is 0 Å². The zero-order valence-electron chi connectivity index (χ0n) is 14.5. The van der Waals surface area contributed by atoms with Gasteiger partial charge in [-0.15, -0.1) is 0 Å². The maximum atomic E-state index is 6.12. The van der Waals surface area contributed by atoms with E-state index in [9.17, 15) is 0 Å². The summed E-state index contributed by atoms with van der Waals surface area (Å²) in [4.78, 5) is 0. The minimum absolute atomic E-state index is 0.0185. The highest BCUT2D eigenvalue weighted by Gasteiger charge is 2.41. The number of nitrogens with two attached hydrogens (primary N) is 1. The van der Waals surface area contributed by atoms with Gasteiger partial charge in [0.1, 0.15) is 0 Å². The second-order valence-corrected chi connectivity index (χ2v) is 6.69. The van der Waals surface area contributed by atoms with Crippen LogP contribution in [-0.4, -0.2) is 18.2 Å². The van der Waals surface area contributed by atoms with Crippen molar-refractivity contribution >= 4 is 0 Å². The molecule has 0 amide bonds. The first-order valence-corrected chi connectivity index (χ1v) is 9.39. The molecule has 0 radical (unpaired) electrons. The third-order valence-corrected chi connectivity index (χ3v) is 5.06. The second kappa shape index (κ2) is 11.4. The Labute approximate surface area is 132 Å². The largest absolute Gasteiger partial charge is 0.374 e. The van der Waals surface area contributed by atoms with E-state index in [4.69, 9.17) is 10.6 Å². The van der Waals surface area contributed by atoms with Gasteiger partial charge in [-0.2, -0.15) is 0 Å². The second-order valence-electron chi connectivity index (χ2n) is 6.69. The molecule has 0 aromatic rings. The van der Waals surface area contributed by atoms with Crippen LogP contribution in [0.25, 0.3) is 0 Å². The fourth-order valence-corrected chi connectivity index (χ4v) is 3.83. The molecule has 21 heavy (non-hydrogen) atoms. The van der Waals surface area contributed by atoms with Crippen LogP contribution in [-0.2, 0) is 4.74 Å². The highest BCUT2D eigenvalue weighted by Crippen LogP contribution is 2.37. The predicted molar refractivity (Wildman–Crippen MR) is 91.2 cm³/mol. The van der Waals surface area contributed by atoms with Crippen LogP contribution in [0, 0.1) is 0 Å². The molecule has 1 aliphatic rings. The molecule has 1 rings (SSSR count). The average Bonchev–Trinajstić information content (AvgIpc) is 2.95. The van der Waals surface area contributed by atoms with E-state index in [0.717, 1.165) is 13.0 Å². The summed E-state index contributed by atoms with van der Waals surface area (Å²) in [6.45, 7) is 5.18. The monoisotopic (exact) mass is 298 g/mol. The van der Waals surface area contributed by atoms with Crippen molar-refractivity contribution in [1.82, 2.24) is 5.43 Å². The Morgan fingerprint density at radius 3 is 2.05 bits per heavy atom. The molecule has 0 aromatic carbocycles. The van der Waals surface area contributed by atoms with Gasteiger partial charge in [-0.3, -0.25) is 11.3 Å². The Morgan fingerprint density at radius 2 is 1.52 bits per heavy atom. The Hall–Kier alpha value is -0.120. The number of unbranched alkanes of at least 4 members (excludes halogenated alkanes) is 7. The van der Waals surface area contributed by atoms with Crippen LogP contribution in [0.1, 0.15) is 97.3 Å². The minimum atomic E-state index is 0.0185. The van der Waals surface area contributed by atoms with Gasteiger partial charge in [0, 0.05) is 6.61 Å². The van der Waals surface area contributed by atoms with Gasteiger partial charge in [0.05, 0.1) is 11.6 Å². The Balaban J connectivity index is 2.18. The van der Waals surface area contributed by atoms with E-state index in [2.05, 4.69) is 19.3 Å². The van der Waals surface area contributed by atoms with Crippen molar-refractivity contribution in [3.63, 3.8) is 0 Å². The summed E-state index contributed by atoms with van der Waals surface area (Å²) < 4.78 is 6.12. The van der Waals surface area contributed by atoms with Crippen LogP contribution in [0.15, 0.2) is 0 Å². The highest BCUT2D eigenvalue weighted by molar-refractivity contribution is 4.96. The summed E-state index contributed by atoms with van der Waals surface area (Å²) >= 11 is 0. The molecule has 1 atom stereocenters. The van der Waals surface area contributed by atoms with E-state index in [1.807, 2.05) is 0 Å². The maximum Gasteiger partial charge on any atom is 0.0848 e. The number of hydrogen-bond acceptors (Lipinski definition) is 3. The summed E-state index contributed by atoms with van der Waals surface area (Å²) in [5.41, 5.74) is 3.08. The average molecular weight is 299 g/mol. The summed E-state index contributed by atoms with van der Waals surface area (Å²) in [6, 6.07) is 0.333. The first-order valence-electron chi connectivity index (χ1n) is 9.39. The Kier molecular flexibility index (Phi) is 10.3. The predicted octanol–water partition coefficient (Wildman–Crippen LogP) is 4.70. The molecule has 3 N–H and O–H groups in total. The van der Waals surface area contributed by atoms with Crippen molar-refractivity contribution in [2.75, 3.05) is 6.61 Å². The molecule has 0 saturated heterocycles. The van der Waals surface area contributed by atoms with Crippen molar-refractivity contribution in [1.29, 1.82) is 0 Å². The van der Waals surface area contributed by atoms with E-state index in [0.29, 0.717) is 6.04 Å². The third-order valence-electron chi connectivity index (χ3n) is 5.06. The van der Waals surface area contributed by atoms with E-state index in [1.54, 1.807) is 0 Å². The zero-order valence-corrected chi connectivity index (χ0v) is 14.5. The van der Waals surface area contributed by atoms with Gasteiger partial charge in [0.25, 0.3) is 0 Å². The normalized spacial score (nSPS) is 19.0. The summed E-state index contributed by atoms with van der Waals surface area (Å²) in [5, 5.41) is 0. The van der Waals surface area contributed by atoms with Crippen molar-refractivity contribution < 1.29 is 4.74 Å². The number of nitrogens with one attached hydrogen (secondary N) is 1. The van der Waals surface area contributed by atoms with Crippen LogP contribution in [0.2, 0.25) is 0 Å². The SMILES string of the molecule is CCCCCCCCCCC(NN)C1(OCC)CCCC1. The van der Waals surface area contributed by atoms with Gasteiger partial charge in [0.15, 0.2) is 0 Å². The Morgan fingerprint density at radius 1 is 0.952 bits per heavy atom. The molecular weight excluding hydrogens is 260 g/mol. The lowest BCUT2D eigenvalue weighted by Gasteiger charge is -2.37. The zero-order chi connectivity index (χ0) is 15.4. The van der Waals surface area contributed by atoms with Gasteiger partial charge in [-0.05, 0) is 26.2 Å². The number of rotatable bonds is 13. The smallest absolute Gasteiger partial charge is 0.0848 e. The third kappa shape index (κ3) is 6.66. The maximum absolute atomic E-state index is 6.12. The lowest BCUT2D eigenvalue weighted by atomic mass is 9.88. The van der Waals surface area contributed by atoms with Crippen LogP contribution >= 0.6 is 0 Å². The van der Waals surface area contributed by atoms with Crippen LogP contribution in [0.3, 0.4) is 0 Å². The van der Waals surface area contributed by atoms with Gasteiger partial charge in [-0.1, -0.05) is 71.1 Å². The number of hydrogen-bond donors (Lipinski definition) is 2. The van der Waals surface area contributed by atoms with Gasteiger partial charge in [-0.25, -0.2) is 0 Å². The van der Waals surface area contributed by atoms with Crippen LogP contribution in [0.5, 0.6) is 0 Å². The van der Waals surface area contributed by atoms with E-state index < -0.39 is 0 Å². The molecule has 126 valence electrons. The molecule has 1 unspecified atom stereocenters. The summed E-state index contributed by atoms with van der Waals surface area (Å²) in [5.74, 6) is 5.83. The van der Waals surface area contributed by atoms with Crippen molar-refractivity contribution in [3.05, 3.63) is 0 Å². The van der Waals surface area contributed by atoms with Crippen molar-refractivity contribution in [2.45, 2.75) is 109 Å². The molecule has 0 aromatic heterocycles. The molecule has 1 fully saturated rings. The highest BCUT2D eigenvalue weighted by atomic mass is 16.5. The standard InChI is InChI=1S/C18H38N2O/c1-3-5-6-7-8-9-10-11-14-17(20-19)18(21-4-2)15-12-13-16-18/h17,20H,3-16,19H2,1-2H3. The number of hydrazine groups is 1. The molecule has 0 aliphatic heterocycles. The summed E-state index contributed by atoms with van der Waals surface area (Å²) in [7, 11) is 0. The first-order chi connectivity index (χ1) is 10.3. The van der Waals surface area contributed by atoms with Crippen molar-refractivity contribution in [2.24, 2.45) is 5.84 Å². The lowest BCUT2D eigenvalue weighted by molar-refractivity contribution is -0.0637. The fraction of sp³-hybridized carbons (Fsp3) is 1.00. The van der Waals surface area contributed by atoms with Crippen LogP contribution < -0.4 is 11.3 Å². The molecule has 1 saturated carbocycles. The molecule has 0 spiro atoms. The van der Waals surface area contributed by atoms with Gasteiger partial charge < -0.3 is 4.74 Å². The first kappa shape index (κ1) is 18.9. The molecule has 3 heteroatoms. The van der Waals surface area contributed by atoms with Gasteiger partial charge in [0.2, 0.25) is 0 Å². The number of ether oxygens (including phenoxy) is 1. The topological polar surface area (TPSA) is 47.3 Å². The quantitative estimate of drug-likeness (QED) is 0.294. The molecule has 3 nitrogen and oxygen atoms in total. The molecule has 0 heterocycles. The molecule has 0 bridgehead atoms. The minimum Gasteiger partial charge on any atom is -0.374 e. The van der Waals surface area contributed by atoms with Crippen molar-refractivity contribution in [3.8, 4) is 0 Å². The Bertz CT molecular complexity index is 239. The summed E-state index contributed by atoms with van der Waals surface area (Å²) in [6.07, 6.45) is 17.0. The lowest BCUT2D eigenvalue weighted by Crippen LogP contribution is -2.53. The van der Waals surface area contributed by atoms with E-state index in [1.165, 1.54) is 77.0 Å². The van der Waals surface area contributed by atoms with E-state index in [-0.39, 0.29) is 5.60 Å². The van der Waals surface area contributed by atoms with Crippen LogP contribution in [0.4, 0.5) is 0 Å². The molecular formula is C18H38N2O. The van der Waals surface area contributed by atoms with Gasteiger partial charge >= 0.3 is 0 Å². The molecule has 1 aliphatic carbocycles. The fourth-order valence-electron chi connectivity index (χ4n) is 3.83.